The molecule has 2 fully saturated rings. The largest absolute Gasteiger partial charge is 0.299 e. The van der Waals surface area contributed by atoms with Crippen LogP contribution in [0, 0.1) is 17.2 Å². The summed E-state index contributed by atoms with van der Waals surface area (Å²) >= 11 is 2.03. The number of thioether (sulfide) groups is 1. The molecule has 18 heavy (non-hydrogen) atoms. The van der Waals surface area contributed by atoms with Crippen molar-refractivity contribution in [3.8, 4) is 6.07 Å². The van der Waals surface area contributed by atoms with Crippen LogP contribution in [0.4, 0.5) is 0 Å². The second-order valence-corrected chi connectivity index (χ2v) is 6.90. The summed E-state index contributed by atoms with van der Waals surface area (Å²) in [5, 5.41) is 10.3. The molecule has 1 aliphatic carbocycles. The molecule has 0 bridgehead atoms. The summed E-state index contributed by atoms with van der Waals surface area (Å²) in [4.78, 5) is 2.65. The summed E-state index contributed by atoms with van der Waals surface area (Å²) < 4.78 is 0. The van der Waals surface area contributed by atoms with Crippen molar-refractivity contribution in [3.63, 3.8) is 0 Å². The molecule has 0 aromatic heterocycles. The molecular weight excluding hydrogens is 240 g/mol. The Bertz CT molecular complexity index is 287. The van der Waals surface area contributed by atoms with Gasteiger partial charge in [0.2, 0.25) is 0 Å². The predicted molar refractivity (Wildman–Crippen MR) is 78.7 cm³/mol. The lowest BCUT2D eigenvalue weighted by Crippen LogP contribution is -2.40. The minimum Gasteiger partial charge on any atom is -0.299 e. The summed E-state index contributed by atoms with van der Waals surface area (Å²) in [6.07, 6.45) is 12.5. The van der Waals surface area contributed by atoms with E-state index in [1.807, 2.05) is 11.8 Å². The van der Waals surface area contributed by atoms with E-state index >= 15 is 0 Å². The zero-order valence-corrected chi connectivity index (χ0v) is 12.4. The molecule has 1 heterocycles. The lowest BCUT2D eigenvalue weighted by atomic mass is 9.94. The van der Waals surface area contributed by atoms with Gasteiger partial charge in [-0.3, -0.25) is 4.90 Å². The van der Waals surface area contributed by atoms with Crippen LogP contribution < -0.4 is 0 Å². The summed E-state index contributed by atoms with van der Waals surface area (Å²) in [5.74, 6) is 0.290. The Morgan fingerprint density at radius 1 is 1.00 bits per heavy atom. The maximum Gasteiger partial charge on any atom is 0.0672 e. The molecule has 0 amide bonds. The van der Waals surface area contributed by atoms with Crippen molar-refractivity contribution >= 4 is 11.8 Å². The van der Waals surface area contributed by atoms with E-state index in [0.29, 0.717) is 12.0 Å². The van der Waals surface area contributed by atoms with Gasteiger partial charge in [-0.15, -0.1) is 0 Å². The van der Waals surface area contributed by atoms with Crippen LogP contribution >= 0.6 is 11.8 Å². The molecule has 2 nitrogen and oxygen atoms in total. The van der Waals surface area contributed by atoms with Crippen LogP contribution in [0.3, 0.4) is 0 Å². The fraction of sp³-hybridized carbons (Fsp3) is 0.933. The minimum absolute atomic E-state index is 0.290. The van der Waals surface area contributed by atoms with Crippen molar-refractivity contribution < 1.29 is 0 Å². The summed E-state index contributed by atoms with van der Waals surface area (Å²) in [6.45, 7) is 2.44. The number of hydrogen-bond acceptors (Lipinski definition) is 3. The number of nitriles is 1. The van der Waals surface area contributed by atoms with Gasteiger partial charge in [0.05, 0.1) is 12.0 Å². The van der Waals surface area contributed by atoms with Gasteiger partial charge in [0.25, 0.3) is 0 Å². The van der Waals surface area contributed by atoms with E-state index in [2.05, 4.69) is 17.2 Å². The molecule has 0 N–H and O–H groups in total. The topological polar surface area (TPSA) is 27.0 Å². The zero-order valence-electron chi connectivity index (χ0n) is 11.6. The first-order valence-electron chi connectivity index (χ1n) is 7.51. The Morgan fingerprint density at radius 3 is 2.61 bits per heavy atom. The minimum atomic E-state index is 0.290. The first-order chi connectivity index (χ1) is 8.85. The van der Waals surface area contributed by atoms with Crippen LogP contribution in [0.1, 0.15) is 51.4 Å². The molecule has 3 atom stereocenters. The van der Waals surface area contributed by atoms with E-state index in [9.17, 15) is 5.26 Å². The number of rotatable bonds is 2. The highest BCUT2D eigenvalue weighted by Crippen LogP contribution is 2.30. The highest BCUT2D eigenvalue weighted by atomic mass is 32.2. The SMILES string of the molecule is CSC1CCCN(C2CCCCCC2C#N)CC1. The second-order valence-electron chi connectivity index (χ2n) is 5.77. The molecule has 0 aromatic carbocycles. The van der Waals surface area contributed by atoms with Crippen LogP contribution in [0.2, 0.25) is 0 Å². The fourth-order valence-electron chi connectivity index (χ4n) is 3.53. The van der Waals surface area contributed by atoms with Gasteiger partial charge in [-0.2, -0.15) is 17.0 Å². The van der Waals surface area contributed by atoms with Gasteiger partial charge in [-0.25, -0.2) is 0 Å². The quantitative estimate of drug-likeness (QED) is 0.713. The lowest BCUT2D eigenvalue weighted by molar-refractivity contribution is 0.159. The third kappa shape index (κ3) is 3.65. The third-order valence-electron chi connectivity index (χ3n) is 4.66. The number of likely N-dealkylation sites (tertiary alicyclic amines) is 1. The molecule has 2 aliphatic rings. The third-order valence-corrected chi connectivity index (χ3v) is 5.80. The first kappa shape index (κ1) is 14.2. The lowest BCUT2D eigenvalue weighted by Gasteiger charge is -2.32. The van der Waals surface area contributed by atoms with Gasteiger partial charge in [0.15, 0.2) is 0 Å². The Kier molecular flexibility index (Phi) is 5.85. The first-order valence-corrected chi connectivity index (χ1v) is 8.80. The van der Waals surface area contributed by atoms with Gasteiger partial charge >= 0.3 is 0 Å². The predicted octanol–water partition coefficient (Wildman–Crippen LogP) is 3.68. The number of nitrogens with zero attached hydrogens (tertiary/aromatic N) is 2. The van der Waals surface area contributed by atoms with Crippen molar-refractivity contribution in [1.29, 1.82) is 5.26 Å². The monoisotopic (exact) mass is 266 g/mol. The normalized spacial score (nSPS) is 35.4. The van der Waals surface area contributed by atoms with Crippen molar-refractivity contribution in [3.05, 3.63) is 0 Å². The van der Waals surface area contributed by atoms with E-state index in [4.69, 9.17) is 0 Å². The molecule has 2 rings (SSSR count). The van der Waals surface area contributed by atoms with Crippen LogP contribution in [0.25, 0.3) is 0 Å². The zero-order chi connectivity index (χ0) is 12.8. The molecule has 0 spiro atoms. The van der Waals surface area contributed by atoms with Gasteiger partial charge in [-0.05, 0) is 51.4 Å². The molecule has 102 valence electrons. The standard InChI is InChI=1S/C15H26N2S/c1-18-14-7-5-10-17(11-9-14)15-8-4-2-3-6-13(15)12-16/h13-15H,2-11H2,1H3. The Morgan fingerprint density at radius 2 is 1.83 bits per heavy atom. The average molecular weight is 266 g/mol. The molecule has 1 saturated heterocycles. The highest BCUT2D eigenvalue weighted by molar-refractivity contribution is 7.99. The number of hydrogen-bond donors (Lipinski definition) is 0. The fourth-order valence-corrected chi connectivity index (χ4v) is 4.27. The molecule has 3 unspecified atom stereocenters. The van der Waals surface area contributed by atoms with Crippen LogP contribution in [0.15, 0.2) is 0 Å². The van der Waals surface area contributed by atoms with Crippen molar-refractivity contribution in [2.45, 2.75) is 62.7 Å². The Hall–Kier alpha value is -0.200. The van der Waals surface area contributed by atoms with Gasteiger partial charge < -0.3 is 0 Å². The van der Waals surface area contributed by atoms with Crippen LogP contribution in [-0.2, 0) is 0 Å². The maximum absolute atomic E-state index is 9.40. The van der Waals surface area contributed by atoms with Crippen molar-refractivity contribution in [2.75, 3.05) is 19.3 Å². The van der Waals surface area contributed by atoms with Crippen molar-refractivity contribution in [1.82, 2.24) is 4.90 Å². The second kappa shape index (κ2) is 7.40. The molecule has 0 aromatic rings. The van der Waals surface area contributed by atoms with E-state index in [1.165, 1.54) is 58.0 Å². The average Bonchev–Trinajstić information content (AvgIpc) is 2.78. The van der Waals surface area contributed by atoms with Gasteiger partial charge in [0.1, 0.15) is 0 Å². The van der Waals surface area contributed by atoms with E-state index in [-0.39, 0.29) is 0 Å². The summed E-state index contributed by atoms with van der Waals surface area (Å²) in [7, 11) is 0. The van der Waals surface area contributed by atoms with Crippen LogP contribution in [-0.4, -0.2) is 35.5 Å². The molecule has 0 radical (unpaired) electrons. The Balaban J connectivity index is 1.97. The molecule has 1 saturated carbocycles. The maximum atomic E-state index is 9.40. The van der Waals surface area contributed by atoms with Gasteiger partial charge in [0, 0.05) is 11.3 Å². The Labute approximate surface area is 116 Å². The van der Waals surface area contributed by atoms with E-state index in [0.717, 1.165) is 11.7 Å². The van der Waals surface area contributed by atoms with E-state index < -0.39 is 0 Å². The van der Waals surface area contributed by atoms with E-state index in [1.54, 1.807) is 0 Å². The highest BCUT2D eigenvalue weighted by Gasteiger charge is 2.30. The summed E-state index contributed by atoms with van der Waals surface area (Å²) in [6, 6.07) is 3.14. The molecular formula is C15H26N2S. The summed E-state index contributed by atoms with van der Waals surface area (Å²) in [5.41, 5.74) is 0. The van der Waals surface area contributed by atoms with Crippen molar-refractivity contribution in [2.24, 2.45) is 5.92 Å². The smallest absolute Gasteiger partial charge is 0.0672 e. The molecule has 1 aliphatic heterocycles. The van der Waals surface area contributed by atoms with Crippen LogP contribution in [0.5, 0.6) is 0 Å². The molecule has 3 heteroatoms. The van der Waals surface area contributed by atoms with Gasteiger partial charge in [-0.1, -0.05) is 19.3 Å².